The molecule has 0 aromatic heterocycles. The van der Waals surface area contributed by atoms with Crippen LogP contribution >= 0.6 is 0 Å². The first-order chi connectivity index (χ1) is 9.85. The van der Waals surface area contributed by atoms with Gasteiger partial charge in [0.15, 0.2) is 0 Å². The topological polar surface area (TPSA) is 78.5 Å². The molecule has 118 valence electrons. The fraction of sp³-hybridized carbons (Fsp3) is 0.800. The number of rotatable bonds is 4. The summed E-state index contributed by atoms with van der Waals surface area (Å²) in [6.07, 6.45) is 3.10. The Labute approximate surface area is 125 Å². The summed E-state index contributed by atoms with van der Waals surface area (Å²) in [6, 6.07) is -0.436. The number of amides is 4. The molecule has 2 N–H and O–H groups in total. The van der Waals surface area contributed by atoms with E-state index in [0.717, 1.165) is 12.8 Å². The van der Waals surface area contributed by atoms with Crippen LogP contribution in [0.3, 0.4) is 0 Å². The van der Waals surface area contributed by atoms with E-state index in [1.165, 1.54) is 4.90 Å². The van der Waals surface area contributed by atoms with E-state index in [1.807, 2.05) is 13.8 Å². The van der Waals surface area contributed by atoms with Gasteiger partial charge in [0.05, 0.1) is 0 Å². The highest BCUT2D eigenvalue weighted by Crippen LogP contribution is 2.39. The summed E-state index contributed by atoms with van der Waals surface area (Å²) in [5, 5.41) is 5.18. The van der Waals surface area contributed by atoms with Gasteiger partial charge in [0, 0.05) is 6.54 Å². The molecule has 0 aromatic carbocycles. The van der Waals surface area contributed by atoms with Crippen LogP contribution in [0.1, 0.15) is 46.5 Å². The zero-order chi connectivity index (χ0) is 15.6. The van der Waals surface area contributed by atoms with Crippen molar-refractivity contribution in [3.05, 3.63) is 0 Å². The predicted molar refractivity (Wildman–Crippen MR) is 78.5 cm³/mol. The average Bonchev–Trinajstić information content (AvgIpc) is 2.64. The van der Waals surface area contributed by atoms with Gasteiger partial charge in [-0.1, -0.05) is 20.8 Å². The van der Waals surface area contributed by atoms with Gasteiger partial charge in [0.25, 0.3) is 5.91 Å². The van der Waals surface area contributed by atoms with Gasteiger partial charge in [-0.2, -0.15) is 0 Å². The minimum Gasteiger partial charge on any atom is -0.354 e. The molecule has 6 nitrogen and oxygen atoms in total. The minimum atomic E-state index is -0.807. The van der Waals surface area contributed by atoms with Gasteiger partial charge in [0.1, 0.15) is 12.1 Å². The van der Waals surface area contributed by atoms with Crippen LogP contribution < -0.4 is 10.6 Å². The standard InChI is InChI=1S/C15H25N3O3/c1-10(2)8-16-12(19)9-18-14(21)17-13(20)15(18)6-4-11(3)5-7-15/h10-11H,4-9H2,1-3H3,(H,16,19)(H,17,20,21). The minimum absolute atomic E-state index is 0.0430. The maximum absolute atomic E-state index is 12.2. The number of hydrogen-bond donors (Lipinski definition) is 2. The summed E-state index contributed by atoms with van der Waals surface area (Å²) in [7, 11) is 0. The lowest BCUT2D eigenvalue weighted by atomic mass is 9.76. The summed E-state index contributed by atoms with van der Waals surface area (Å²) in [6.45, 7) is 6.71. The summed E-state index contributed by atoms with van der Waals surface area (Å²) >= 11 is 0. The van der Waals surface area contributed by atoms with Crippen molar-refractivity contribution in [1.82, 2.24) is 15.5 Å². The Morgan fingerprint density at radius 1 is 1.38 bits per heavy atom. The first kappa shape index (κ1) is 15.8. The van der Waals surface area contributed by atoms with E-state index in [4.69, 9.17) is 0 Å². The van der Waals surface area contributed by atoms with Crippen LogP contribution in [0.25, 0.3) is 0 Å². The van der Waals surface area contributed by atoms with Crippen molar-refractivity contribution < 1.29 is 14.4 Å². The molecular weight excluding hydrogens is 270 g/mol. The maximum atomic E-state index is 12.2. The lowest BCUT2D eigenvalue weighted by Gasteiger charge is -2.39. The Hall–Kier alpha value is -1.59. The predicted octanol–water partition coefficient (Wildman–Crippen LogP) is 1.26. The van der Waals surface area contributed by atoms with E-state index in [1.54, 1.807) is 0 Å². The quantitative estimate of drug-likeness (QED) is 0.766. The zero-order valence-electron chi connectivity index (χ0n) is 13.1. The van der Waals surface area contributed by atoms with Crippen molar-refractivity contribution in [1.29, 1.82) is 0 Å². The molecule has 0 radical (unpaired) electrons. The van der Waals surface area contributed by atoms with Crippen molar-refractivity contribution in [2.45, 2.75) is 52.0 Å². The highest BCUT2D eigenvalue weighted by molar-refractivity contribution is 6.08. The number of nitrogens with zero attached hydrogens (tertiary/aromatic N) is 1. The van der Waals surface area contributed by atoms with Gasteiger partial charge in [-0.3, -0.25) is 14.9 Å². The molecule has 6 heteroatoms. The van der Waals surface area contributed by atoms with E-state index in [-0.39, 0.29) is 18.4 Å². The summed E-state index contributed by atoms with van der Waals surface area (Å²) in [5.74, 6) is 0.478. The highest BCUT2D eigenvalue weighted by Gasteiger charge is 2.54. The van der Waals surface area contributed by atoms with Crippen molar-refractivity contribution in [2.75, 3.05) is 13.1 Å². The molecule has 1 heterocycles. The van der Waals surface area contributed by atoms with Crippen LogP contribution in [-0.2, 0) is 9.59 Å². The van der Waals surface area contributed by atoms with Gasteiger partial charge < -0.3 is 10.2 Å². The second kappa shape index (κ2) is 6.03. The number of carbonyl (C=O) groups excluding carboxylic acids is 3. The van der Waals surface area contributed by atoms with Crippen LogP contribution in [0.4, 0.5) is 4.79 Å². The third-order valence-corrected chi connectivity index (χ3v) is 4.52. The average molecular weight is 295 g/mol. The van der Waals surface area contributed by atoms with Gasteiger partial charge in [-0.25, -0.2) is 4.79 Å². The van der Waals surface area contributed by atoms with Gasteiger partial charge in [-0.15, -0.1) is 0 Å². The molecule has 2 rings (SSSR count). The fourth-order valence-electron chi connectivity index (χ4n) is 3.08. The molecule has 21 heavy (non-hydrogen) atoms. The number of hydrogen-bond acceptors (Lipinski definition) is 3. The SMILES string of the molecule is CC(C)CNC(=O)CN1C(=O)NC(=O)C12CCC(C)CC2. The highest BCUT2D eigenvalue weighted by atomic mass is 16.2. The third-order valence-electron chi connectivity index (χ3n) is 4.52. The van der Waals surface area contributed by atoms with Crippen LogP contribution in [0.2, 0.25) is 0 Å². The van der Waals surface area contributed by atoms with Crippen molar-refractivity contribution >= 4 is 17.8 Å². The number of nitrogens with one attached hydrogen (secondary N) is 2. The number of urea groups is 1. The van der Waals surface area contributed by atoms with E-state index >= 15 is 0 Å². The summed E-state index contributed by atoms with van der Waals surface area (Å²) in [4.78, 5) is 37.7. The maximum Gasteiger partial charge on any atom is 0.325 e. The second-order valence-electron chi connectivity index (χ2n) is 6.76. The molecule has 1 saturated carbocycles. The molecule has 2 fully saturated rings. The smallest absolute Gasteiger partial charge is 0.325 e. The van der Waals surface area contributed by atoms with E-state index in [0.29, 0.717) is 31.2 Å². The second-order valence-corrected chi connectivity index (χ2v) is 6.76. The van der Waals surface area contributed by atoms with Crippen LogP contribution in [0.5, 0.6) is 0 Å². The first-order valence-corrected chi connectivity index (χ1v) is 7.75. The molecule has 1 aliphatic carbocycles. The van der Waals surface area contributed by atoms with E-state index in [2.05, 4.69) is 17.6 Å². The zero-order valence-corrected chi connectivity index (χ0v) is 13.1. The normalized spacial score (nSPS) is 29.1. The monoisotopic (exact) mass is 295 g/mol. The van der Waals surface area contributed by atoms with Gasteiger partial charge in [0.2, 0.25) is 5.91 Å². The number of carbonyl (C=O) groups is 3. The fourth-order valence-corrected chi connectivity index (χ4v) is 3.08. The van der Waals surface area contributed by atoms with Crippen LogP contribution in [0, 0.1) is 11.8 Å². The Morgan fingerprint density at radius 3 is 2.57 bits per heavy atom. The van der Waals surface area contributed by atoms with Crippen LogP contribution in [-0.4, -0.2) is 41.4 Å². The Bertz CT molecular complexity index is 439. The van der Waals surface area contributed by atoms with Gasteiger partial charge >= 0.3 is 6.03 Å². The van der Waals surface area contributed by atoms with E-state index < -0.39 is 11.6 Å². The Balaban J connectivity index is 2.06. The molecule has 0 unspecified atom stereocenters. The van der Waals surface area contributed by atoms with Crippen molar-refractivity contribution in [3.63, 3.8) is 0 Å². The molecule has 4 amide bonds. The molecule has 1 aliphatic heterocycles. The van der Waals surface area contributed by atoms with Crippen molar-refractivity contribution in [2.24, 2.45) is 11.8 Å². The molecule has 0 aromatic rings. The summed E-state index contributed by atoms with van der Waals surface area (Å²) in [5.41, 5.74) is -0.807. The lowest BCUT2D eigenvalue weighted by molar-refractivity contribution is -0.130. The molecule has 0 bridgehead atoms. The van der Waals surface area contributed by atoms with Gasteiger partial charge in [-0.05, 0) is 37.5 Å². The first-order valence-electron chi connectivity index (χ1n) is 7.75. The lowest BCUT2D eigenvalue weighted by Crippen LogP contribution is -2.54. The molecule has 2 aliphatic rings. The Kier molecular flexibility index (Phi) is 4.54. The van der Waals surface area contributed by atoms with Crippen LogP contribution in [0.15, 0.2) is 0 Å². The Morgan fingerprint density at radius 2 is 2.00 bits per heavy atom. The number of imide groups is 1. The molecular formula is C15H25N3O3. The van der Waals surface area contributed by atoms with E-state index in [9.17, 15) is 14.4 Å². The molecule has 1 spiro atoms. The largest absolute Gasteiger partial charge is 0.354 e. The third kappa shape index (κ3) is 3.19. The van der Waals surface area contributed by atoms with Crippen molar-refractivity contribution in [3.8, 4) is 0 Å². The summed E-state index contributed by atoms with van der Waals surface area (Å²) < 4.78 is 0. The molecule has 0 atom stereocenters. The molecule has 1 saturated heterocycles.